The number of anilines is 1. The topological polar surface area (TPSA) is 100 Å². The van der Waals surface area contributed by atoms with Gasteiger partial charge in [-0.25, -0.2) is 14.8 Å². The van der Waals surface area contributed by atoms with Crippen LogP contribution in [0.2, 0.25) is 0 Å². The molecule has 3 heterocycles. The van der Waals surface area contributed by atoms with Crippen LogP contribution in [-0.4, -0.2) is 51.4 Å². The molecule has 2 atom stereocenters. The maximum Gasteiger partial charge on any atom is 0.410 e. The van der Waals surface area contributed by atoms with Crippen LogP contribution in [0.5, 0.6) is 0 Å². The maximum absolute atomic E-state index is 12.9. The molecule has 1 aliphatic rings. The number of aromatic amines is 1. The van der Waals surface area contributed by atoms with Gasteiger partial charge in [0.2, 0.25) is 0 Å². The van der Waals surface area contributed by atoms with Gasteiger partial charge in [0.25, 0.3) is 0 Å². The second-order valence-corrected chi connectivity index (χ2v) is 7.51. The summed E-state index contributed by atoms with van der Waals surface area (Å²) in [4.78, 5) is 38.7. The predicted octanol–water partition coefficient (Wildman–Crippen LogP) is 3.23. The van der Waals surface area contributed by atoms with Crippen LogP contribution in [-0.2, 0) is 16.1 Å². The van der Waals surface area contributed by atoms with Gasteiger partial charge in [-0.15, -0.1) is 0 Å². The van der Waals surface area contributed by atoms with E-state index in [9.17, 15) is 9.59 Å². The molecule has 1 saturated heterocycles. The van der Waals surface area contributed by atoms with Gasteiger partial charge < -0.3 is 19.9 Å². The number of hydrogen-bond acceptors (Lipinski definition) is 6. The molecule has 30 heavy (non-hydrogen) atoms. The van der Waals surface area contributed by atoms with Gasteiger partial charge in [-0.3, -0.25) is 4.79 Å². The van der Waals surface area contributed by atoms with E-state index in [1.165, 1.54) is 0 Å². The van der Waals surface area contributed by atoms with Gasteiger partial charge in [-0.05, 0) is 17.5 Å². The summed E-state index contributed by atoms with van der Waals surface area (Å²) < 4.78 is 5.43. The van der Waals surface area contributed by atoms with Crippen LogP contribution < -0.4 is 5.32 Å². The zero-order valence-corrected chi connectivity index (χ0v) is 16.9. The van der Waals surface area contributed by atoms with E-state index >= 15 is 0 Å². The number of nitrogens with one attached hydrogen (secondary N) is 2. The van der Waals surface area contributed by atoms with Gasteiger partial charge in [-0.1, -0.05) is 43.7 Å². The number of rotatable bonds is 7. The number of nitrogens with zero attached hydrogens (tertiary/aromatic N) is 3. The lowest BCUT2D eigenvalue weighted by molar-refractivity contribution is -0.121. The molecule has 8 nitrogen and oxygen atoms in total. The highest BCUT2D eigenvalue weighted by Gasteiger charge is 2.38. The van der Waals surface area contributed by atoms with Crippen molar-refractivity contribution in [1.29, 1.82) is 0 Å². The number of ketones is 1. The number of fused-ring (bicyclic) bond motifs is 1. The highest BCUT2D eigenvalue weighted by molar-refractivity contribution is 5.86. The molecule has 4 rings (SSSR count). The van der Waals surface area contributed by atoms with Crippen molar-refractivity contribution in [2.45, 2.75) is 20.0 Å². The lowest BCUT2D eigenvalue weighted by atomic mass is 9.90. The number of ether oxygens (including phenoxy) is 1. The molecular formula is C22H25N5O3. The molecule has 2 N–H and O–H groups in total. The molecule has 8 heteroatoms. The zero-order valence-electron chi connectivity index (χ0n) is 16.9. The molecule has 2 aromatic heterocycles. The first-order chi connectivity index (χ1) is 14.6. The van der Waals surface area contributed by atoms with E-state index in [1.807, 2.05) is 43.3 Å². The molecule has 0 bridgehead atoms. The third-order valence-electron chi connectivity index (χ3n) is 5.55. The van der Waals surface area contributed by atoms with E-state index in [1.54, 1.807) is 17.3 Å². The number of aromatic nitrogens is 3. The van der Waals surface area contributed by atoms with E-state index in [0.717, 1.165) is 17.5 Å². The van der Waals surface area contributed by atoms with Gasteiger partial charge in [0.15, 0.2) is 11.4 Å². The highest BCUT2D eigenvalue weighted by atomic mass is 16.6. The van der Waals surface area contributed by atoms with Crippen LogP contribution in [0.25, 0.3) is 11.2 Å². The summed E-state index contributed by atoms with van der Waals surface area (Å²) in [5.41, 5.74) is 2.39. The third-order valence-corrected chi connectivity index (χ3v) is 5.55. The number of Topliss-reactive ketones (excluding diaryl/α,β-unsaturated/α-hetero) is 1. The second-order valence-electron chi connectivity index (χ2n) is 7.51. The van der Waals surface area contributed by atoms with E-state index in [4.69, 9.17) is 4.74 Å². The lowest BCUT2D eigenvalue weighted by Gasteiger charge is -2.16. The molecule has 156 valence electrons. The SMILES string of the molecule is CC[C@@H]1CN(C(=O)OCc2ccccc2)C[C@@H]1C(=O)CNc1cnc2cc[nH]c2n1. The van der Waals surface area contributed by atoms with E-state index in [-0.39, 0.29) is 36.9 Å². The smallest absolute Gasteiger partial charge is 0.410 e. The number of hydrogen-bond donors (Lipinski definition) is 2. The molecule has 0 spiro atoms. The Labute approximate surface area is 174 Å². The fourth-order valence-electron chi connectivity index (χ4n) is 3.83. The standard InChI is InChI=1S/C22H25N5O3/c1-2-16-12-27(22(29)30-14-15-6-4-3-5-7-15)13-17(16)19(28)10-25-20-11-24-18-8-9-23-21(18)26-20/h3-9,11,16-17H,2,10,12-14H2,1H3,(H2,23,25,26)/t16-,17+/m1/s1. The van der Waals surface area contributed by atoms with Crippen molar-refractivity contribution in [3.8, 4) is 0 Å². The van der Waals surface area contributed by atoms with Crippen molar-refractivity contribution in [2.75, 3.05) is 25.0 Å². The Kier molecular flexibility index (Phi) is 5.92. The summed E-state index contributed by atoms with van der Waals surface area (Å²) in [7, 11) is 0. The van der Waals surface area contributed by atoms with Crippen molar-refractivity contribution in [3.05, 3.63) is 54.4 Å². The molecule has 1 amide bonds. The molecule has 1 aliphatic heterocycles. The maximum atomic E-state index is 12.9. The first-order valence-corrected chi connectivity index (χ1v) is 10.2. The molecule has 1 fully saturated rings. The summed E-state index contributed by atoms with van der Waals surface area (Å²) in [6, 6.07) is 11.4. The average molecular weight is 407 g/mol. The van der Waals surface area contributed by atoms with E-state index in [0.29, 0.717) is 24.6 Å². The van der Waals surface area contributed by atoms with Crippen molar-refractivity contribution in [1.82, 2.24) is 19.9 Å². The fraction of sp³-hybridized carbons (Fsp3) is 0.364. The van der Waals surface area contributed by atoms with Gasteiger partial charge in [0.05, 0.1) is 12.7 Å². The normalized spacial score (nSPS) is 18.5. The summed E-state index contributed by atoms with van der Waals surface area (Å²) in [6.45, 7) is 3.34. The van der Waals surface area contributed by atoms with Gasteiger partial charge >= 0.3 is 6.09 Å². The number of likely N-dealkylation sites (tertiary alicyclic amines) is 1. The minimum Gasteiger partial charge on any atom is -0.445 e. The quantitative estimate of drug-likeness (QED) is 0.624. The van der Waals surface area contributed by atoms with Crippen molar-refractivity contribution in [3.63, 3.8) is 0 Å². The predicted molar refractivity (Wildman–Crippen MR) is 113 cm³/mol. The van der Waals surface area contributed by atoms with Crippen LogP contribution in [0.3, 0.4) is 0 Å². The zero-order chi connectivity index (χ0) is 20.9. The molecule has 0 saturated carbocycles. The molecule has 3 aromatic rings. The Morgan fingerprint density at radius 3 is 2.87 bits per heavy atom. The molecule has 1 aromatic carbocycles. The van der Waals surface area contributed by atoms with Crippen LogP contribution in [0.1, 0.15) is 18.9 Å². The molecule has 0 aliphatic carbocycles. The highest BCUT2D eigenvalue weighted by Crippen LogP contribution is 2.28. The summed E-state index contributed by atoms with van der Waals surface area (Å²) in [5, 5.41) is 3.06. The van der Waals surface area contributed by atoms with Gasteiger partial charge in [-0.2, -0.15) is 0 Å². The number of benzene rings is 1. The number of H-pyrrole nitrogens is 1. The van der Waals surface area contributed by atoms with Crippen LogP contribution in [0.15, 0.2) is 48.8 Å². The van der Waals surface area contributed by atoms with Gasteiger partial charge in [0.1, 0.15) is 17.9 Å². The van der Waals surface area contributed by atoms with Crippen LogP contribution in [0.4, 0.5) is 10.6 Å². The van der Waals surface area contributed by atoms with Gasteiger partial charge in [0, 0.05) is 25.2 Å². The Hall–Kier alpha value is -3.42. The minimum atomic E-state index is -0.372. The van der Waals surface area contributed by atoms with Crippen LogP contribution in [0, 0.1) is 11.8 Å². The summed E-state index contributed by atoms with van der Waals surface area (Å²) in [6.07, 6.45) is 3.84. The molecule has 0 unspecified atom stereocenters. The van der Waals surface area contributed by atoms with Crippen molar-refractivity contribution in [2.24, 2.45) is 11.8 Å². The summed E-state index contributed by atoms with van der Waals surface area (Å²) in [5.74, 6) is 0.520. The number of carbonyl (C=O) groups is 2. The number of amides is 1. The fourth-order valence-corrected chi connectivity index (χ4v) is 3.83. The van der Waals surface area contributed by atoms with Crippen LogP contribution >= 0.6 is 0 Å². The monoisotopic (exact) mass is 407 g/mol. The average Bonchev–Trinajstić information content (AvgIpc) is 3.43. The Morgan fingerprint density at radius 1 is 1.23 bits per heavy atom. The molecular weight excluding hydrogens is 382 g/mol. The Bertz CT molecular complexity index is 1020. The minimum absolute atomic E-state index is 0.0635. The molecule has 0 radical (unpaired) electrons. The second kappa shape index (κ2) is 8.94. The Balaban J connectivity index is 1.32. The lowest BCUT2D eigenvalue weighted by Crippen LogP contribution is -2.32. The van der Waals surface area contributed by atoms with Crippen molar-refractivity contribution >= 4 is 28.9 Å². The van der Waals surface area contributed by atoms with Crippen molar-refractivity contribution < 1.29 is 14.3 Å². The van der Waals surface area contributed by atoms with E-state index in [2.05, 4.69) is 20.3 Å². The first kappa shape index (κ1) is 19.9. The number of carbonyl (C=O) groups excluding carboxylic acids is 2. The Morgan fingerprint density at radius 2 is 2.07 bits per heavy atom. The first-order valence-electron chi connectivity index (χ1n) is 10.2. The summed E-state index contributed by atoms with van der Waals surface area (Å²) >= 11 is 0. The van der Waals surface area contributed by atoms with E-state index < -0.39 is 0 Å². The third kappa shape index (κ3) is 4.42. The largest absolute Gasteiger partial charge is 0.445 e.